The smallest absolute Gasteiger partial charge is 0.290 e. The van der Waals surface area contributed by atoms with Crippen LogP contribution < -0.4 is 5.32 Å². The minimum atomic E-state index is -0.262. The van der Waals surface area contributed by atoms with Crippen molar-refractivity contribution in [2.45, 2.75) is 20.0 Å². The van der Waals surface area contributed by atoms with E-state index < -0.39 is 0 Å². The summed E-state index contributed by atoms with van der Waals surface area (Å²) in [6.45, 7) is 3.12. The van der Waals surface area contributed by atoms with E-state index in [9.17, 15) is 4.79 Å². The number of amides is 1. The molecule has 3 aromatic rings. The molecular formula is C21H23N3O2. The number of nitrogens with zero attached hydrogens (tertiary/aromatic N) is 2. The molecule has 26 heavy (non-hydrogen) atoms. The van der Waals surface area contributed by atoms with Crippen LogP contribution in [-0.4, -0.2) is 30.1 Å². The summed E-state index contributed by atoms with van der Waals surface area (Å²) >= 11 is 0. The van der Waals surface area contributed by atoms with Gasteiger partial charge in [0.25, 0.3) is 5.91 Å². The van der Waals surface area contributed by atoms with E-state index in [4.69, 9.17) is 4.52 Å². The van der Waals surface area contributed by atoms with Crippen molar-refractivity contribution in [1.29, 1.82) is 0 Å². The zero-order chi connectivity index (χ0) is 18.5. The molecule has 0 spiro atoms. The third-order valence-electron chi connectivity index (χ3n) is 4.07. The highest BCUT2D eigenvalue weighted by atomic mass is 16.5. The first-order valence-electron chi connectivity index (χ1n) is 8.56. The number of hydrogen-bond acceptors (Lipinski definition) is 4. The highest BCUT2D eigenvalue weighted by molar-refractivity contribution is 5.91. The first kappa shape index (κ1) is 17.9. The minimum Gasteiger partial charge on any atom is -0.351 e. The van der Waals surface area contributed by atoms with E-state index in [0.29, 0.717) is 12.2 Å². The normalized spacial score (nSPS) is 10.9. The summed E-state index contributed by atoms with van der Waals surface area (Å²) in [4.78, 5) is 14.3. The largest absolute Gasteiger partial charge is 0.351 e. The van der Waals surface area contributed by atoms with Crippen molar-refractivity contribution >= 4 is 5.91 Å². The molecule has 134 valence electrons. The molecule has 0 radical (unpaired) electrons. The lowest BCUT2D eigenvalue weighted by Gasteiger charge is -2.13. The van der Waals surface area contributed by atoms with Crippen LogP contribution in [0.4, 0.5) is 0 Å². The summed E-state index contributed by atoms with van der Waals surface area (Å²) in [5, 5.41) is 6.64. The average Bonchev–Trinajstić information content (AvgIpc) is 3.07. The minimum absolute atomic E-state index is 0.230. The van der Waals surface area contributed by atoms with Crippen LogP contribution in [-0.2, 0) is 13.1 Å². The summed E-state index contributed by atoms with van der Waals surface area (Å²) in [6.07, 6.45) is 0. The van der Waals surface area contributed by atoms with E-state index in [1.807, 2.05) is 18.2 Å². The van der Waals surface area contributed by atoms with Gasteiger partial charge in [-0.3, -0.25) is 4.79 Å². The molecule has 1 aromatic heterocycles. The Hall–Kier alpha value is -2.92. The number of benzene rings is 2. The maximum absolute atomic E-state index is 12.2. The molecule has 0 atom stereocenters. The molecule has 3 rings (SSSR count). The molecule has 0 unspecified atom stereocenters. The van der Waals surface area contributed by atoms with Crippen molar-refractivity contribution in [3.05, 3.63) is 77.2 Å². The Morgan fingerprint density at radius 2 is 1.85 bits per heavy atom. The van der Waals surface area contributed by atoms with Crippen LogP contribution in [0, 0.1) is 6.92 Å². The van der Waals surface area contributed by atoms with Gasteiger partial charge in [-0.05, 0) is 43.3 Å². The molecule has 0 aliphatic rings. The van der Waals surface area contributed by atoms with Crippen LogP contribution in [0.25, 0.3) is 11.1 Å². The number of carbonyl (C=O) groups excluding carboxylic acids is 1. The average molecular weight is 349 g/mol. The molecule has 1 amide bonds. The van der Waals surface area contributed by atoms with Gasteiger partial charge in [-0.2, -0.15) is 0 Å². The van der Waals surface area contributed by atoms with E-state index >= 15 is 0 Å². The lowest BCUT2D eigenvalue weighted by atomic mass is 9.98. The topological polar surface area (TPSA) is 58.4 Å². The van der Waals surface area contributed by atoms with Gasteiger partial charge >= 0.3 is 0 Å². The van der Waals surface area contributed by atoms with E-state index in [0.717, 1.165) is 23.2 Å². The quantitative estimate of drug-likeness (QED) is 0.738. The van der Waals surface area contributed by atoms with E-state index in [1.165, 1.54) is 5.56 Å². The Morgan fingerprint density at radius 3 is 2.50 bits per heavy atom. The second-order valence-corrected chi connectivity index (χ2v) is 6.61. The van der Waals surface area contributed by atoms with Gasteiger partial charge in [0.15, 0.2) is 0 Å². The van der Waals surface area contributed by atoms with Crippen LogP contribution in [0.15, 0.2) is 59.1 Å². The third kappa shape index (κ3) is 4.37. The van der Waals surface area contributed by atoms with Gasteiger partial charge in [0.1, 0.15) is 0 Å². The van der Waals surface area contributed by atoms with Crippen LogP contribution >= 0.6 is 0 Å². The van der Waals surface area contributed by atoms with Crippen LogP contribution in [0.2, 0.25) is 0 Å². The summed E-state index contributed by atoms with van der Waals surface area (Å²) in [6, 6.07) is 18.2. The number of aryl methyl sites for hydroxylation is 1. The first-order valence-corrected chi connectivity index (χ1v) is 8.56. The van der Waals surface area contributed by atoms with Gasteiger partial charge in [-0.15, -0.1) is 0 Å². The molecule has 1 heterocycles. The first-order chi connectivity index (χ1) is 12.5. The summed E-state index contributed by atoms with van der Waals surface area (Å²) in [5.41, 5.74) is 5.25. The number of aromatic nitrogens is 1. The van der Waals surface area contributed by atoms with E-state index in [-0.39, 0.29) is 11.7 Å². The molecule has 0 aliphatic heterocycles. The van der Waals surface area contributed by atoms with Crippen molar-refractivity contribution in [2.24, 2.45) is 0 Å². The Morgan fingerprint density at radius 1 is 1.12 bits per heavy atom. The van der Waals surface area contributed by atoms with Crippen molar-refractivity contribution in [3.8, 4) is 11.1 Å². The van der Waals surface area contributed by atoms with Gasteiger partial charge < -0.3 is 14.7 Å². The number of hydrogen-bond donors (Lipinski definition) is 1. The molecule has 1 N–H and O–H groups in total. The monoisotopic (exact) mass is 349 g/mol. The van der Waals surface area contributed by atoms with Crippen molar-refractivity contribution in [1.82, 2.24) is 15.4 Å². The molecule has 5 nitrogen and oxygen atoms in total. The highest BCUT2D eigenvalue weighted by Crippen LogP contribution is 2.24. The Labute approximate surface area is 153 Å². The van der Waals surface area contributed by atoms with Gasteiger partial charge in [0.2, 0.25) is 5.76 Å². The molecule has 2 aromatic carbocycles. The SMILES string of the molecule is Cc1cc(C(=O)NCc2ccccc2-c2ccc(CN(C)C)cc2)on1. The van der Waals surface area contributed by atoms with Crippen molar-refractivity contribution in [2.75, 3.05) is 14.1 Å². The number of carbonyl (C=O) groups is 1. The lowest BCUT2D eigenvalue weighted by Crippen LogP contribution is -2.22. The third-order valence-corrected chi connectivity index (χ3v) is 4.07. The number of rotatable bonds is 6. The predicted molar refractivity (Wildman–Crippen MR) is 102 cm³/mol. The lowest BCUT2D eigenvalue weighted by molar-refractivity contribution is 0.0914. The molecule has 0 aliphatic carbocycles. The summed E-state index contributed by atoms with van der Waals surface area (Å²) < 4.78 is 5.01. The molecule has 0 saturated carbocycles. The fourth-order valence-electron chi connectivity index (χ4n) is 2.84. The predicted octanol–water partition coefficient (Wildman–Crippen LogP) is 3.64. The van der Waals surface area contributed by atoms with Gasteiger partial charge in [-0.25, -0.2) is 0 Å². The fraction of sp³-hybridized carbons (Fsp3) is 0.238. The zero-order valence-electron chi connectivity index (χ0n) is 15.3. The standard InChI is InChI=1S/C21H23N3O2/c1-15-12-20(26-23-15)21(25)22-13-18-6-4-5-7-19(18)17-10-8-16(9-11-17)14-24(2)3/h4-12H,13-14H2,1-3H3,(H,22,25). The second kappa shape index (κ2) is 7.97. The van der Waals surface area contributed by atoms with Crippen molar-refractivity contribution < 1.29 is 9.32 Å². The Kier molecular flexibility index (Phi) is 5.49. The molecule has 0 saturated heterocycles. The maximum atomic E-state index is 12.2. The summed E-state index contributed by atoms with van der Waals surface area (Å²) in [7, 11) is 4.11. The van der Waals surface area contributed by atoms with Crippen LogP contribution in [0.1, 0.15) is 27.4 Å². The van der Waals surface area contributed by atoms with Gasteiger partial charge in [0, 0.05) is 19.2 Å². The Balaban J connectivity index is 1.74. The van der Waals surface area contributed by atoms with Gasteiger partial charge in [0.05, 0.1) is 5.69 Å². The fourth-order valence-corrected chi connectivity index (χ4v) is 2.84. The maximum Gasteiger partial charge on any atom is 0.290 e. The second-order valence-electron chi connectivity index (χ2n) is 6.61. The van der Waals surface area contributed by atoms with Gasteiger partial charge in [-0.1, -0.05) is 53.7 Å². The van der Waals surface area contributed by atoms with Crippen LogP contribution in [0.5, 0.6) is 0 Å². The van der Waals surface area contributed by atoms with E-state index in [2.05, 4.69) is 59.8 Å². The summed E-state index contributed by atoms with van der Waals surface area (Å²) in [5.74, 6) is -0.0326. The van der Waals surface area contributed by atoms with E-state index in [1.54, 1.807) is 13.0 Å². The highest BCUT2D eigenvalue weighted by Gasteiger charge is 2.12. The zero-order valence-corrected chi connectivity index (χ0v) is 15.3. The number of nitrogens with one attached hydrogen (secondary N) is 1. The molecular weight excluding hydrogens is 326 g/mol. The molecule has 0 bridgehead atoms. The Bertz CT molecular complexity index is 882. The van der Waals surface area contributed by atoms with Crippen LogP contribution in [0.3, 0.4) is 0 Å². The van der Waals surface area contributed by atoms with Crippen molar-refractivity contribution in [3.63, 3.8) is 0 Å². The molecule has 5 heteroatoms. The molecule has 0 fully saturated rings.